The molecule has 0 amide bonds. The highest BCUT2D eigenvalue weighted by Gasteiger charge is 2.29. The Kier molecular flexibility index (Phi) is 3.47. The number of rotatable bonds is 1. The van der Waals surface area contributed by atoms with Gasteiger partial charge in [0.25, 0.3) is 0 Å². The number of hydrogen-bond donors (Lipinski definition) is 1. The second-order valence-corrected chi connectivity index (χ2v) is 5.79. The first-order valence-electron chi connectivity index (χ1n) is 5.64. The normalized spacial score (nSPS) is 25.1. The molecule has 2 nitrogen and oxygen atoms in total. The first-order chi connectivity index (χ1) is 8.02. The molecule has 0 aromatic heterocycles. The summed E-state index contributed by atoms with van der Waals surface area (Å²) in [5, 5.41) is 0.380. The second-order valence-electron chi connectivity index (χ2n) is 4.31. The largest absolute Gasteiger partial charge is 0.397 e. The van der Waals surface area contributed by atoms with Crippen LogP contribution >= 0.6 is 11.8 Å². The number of halogens is 2. The summed E-state index contributed by atoms with van der Waals surface area (Å²) in [6, 6.07) is 2.64. The average Bonchev–Trinajstić information content (AvgIpc) is 2.30. The van der Waals surface area contributed by atoms with Crippen LogP contribution in [0.25, 0.3) is 0 Å². The van der Waals surface area contributed by atoms with E-state index in [1.54, 1.807) is 0 Å². The molecule has 1 heterocycles. The van der Waals surface area contributed by atoms with Gasteiger partial charge < -0.3 is 10.6 Å². The smallest absolute Gasteiger partial charge is 0.184 e. The molecule has 2 atom stereocenters. The quantitative estimate of drug-likeness (QED) is 0.785. The zero-order chi connectivity index (χ0) is 12.6. The molecule has 5 heteroatoms. The van der Waals surface area contributed by atoms with Gasteiger partial charge in [0.05, 0.1) is 11.4 Å². The first kappa shape index (κ1) is 12.5. The van der Waals surface area contributed by atoms with Crippen LogP contribution in [0, 0.1) is 11.6 Å². The van der Waals surface area contributed by atoms with Crippen molar-refractivity contribution in [3.05, 3.63) is 23.8 Å². The zero-order valence-electron chi connectivity index (χ0n) is 9.91. The van der Waals surface area contributed by atoms with Gasteiger partial charge in [-0.15, -0.1) is 0 Å². The summed E-state index contributed by atoms with van der Waals surface area (Å²) in [6.07, 6.45) is 0. The Morgan fingerprint density at radius 1 is 1.35 bits per heavy atom. The standard InChI is InChI=1S/C12H16F2N2S/c1-7-8(2)17-6-5-16(7)12-10(15)4-3-9(13)11(12)14/h3-4,7-8H,5-6,15H2,1-2H3. The van der Waals surface area contributed by atoms with E-state index >= 15 is 0 Å². The Labute approximate surface area is 104 Å². The molecule has 1 saturated heterocycles. The highest BCUT2D eigenvalue weighted by Crippen LogP contribution is 2.35. The van der Waals surface area contributed by atoms with Crippen LogP contribution < -0.4 is 10.6 Å². The van der Waals surface area contributed by atoms with Crippen LogP contribution in [0.3, 0.4) is 0 Å². The molecular formula is C12H16F2N2S. The maximum absolute atomic E-state index is 13.8. The highest BCUT2D eigenvalue weighted by atomic mass is 32.2. The summed E-state index contributed by atoms with van der Waals surface area (Å²) in [7, 11) is 0. The number of nitrogens with zero attached hydrogens (tertiary/aromatic N) is 1. The number of anilines is 2. The Balaban J connectivity index is 2.42. The minimum absolute atomic E-state index is 0.146. The molecule has 0 bridgehead atoms. The van der Waals surface area contributed by atoms with Gasteiger partial charge in [0, 0.05) is 23.6 Å². The van der Waals surface area contributed by atoms with Gasteiger partial charge in [0.1, 0.15) is 0 Å². The SMILES string of the molecule is CC1SCCN(c2c(N)ccc(F)c2F)C1C. The second kappa shape index (κ2) is 4.72. The highest BCUT2D eigenvalue weighted by molar-refractivity contribution is 8.00. The third-order valence-corrected chi connectivity index (χ3v) is 4.61. The molecule has 2 rings (SSSR count). The fourth-order valence-electron chi connectivity index (χ4n) is 2.10. The van der Waals surface area contributed by atoms with E-state index in [1.807, 2.05) is 23.6 Å². The van der Waals surface area contributed by atoms with Crippen molar-refractivity contribution in [2.75, 3.05) is 22.9 Å². The van der Waals surface area contributed by atoms with Crippen molar-refractivity contribution in [3.63, 3.8) is 0 Å². The van der Waals surface area contributed by atoms with Crippen molar-refractivity contribution in [1.82, 2.24) is 0 Å². The molecule has 0 spiro atoms. The molecule has 94 valence electrons. The summed E-state index contributed by atoms with van der Waals surface area (Å²) in [5.41, 5.74) is 6.29. The van der Waals surface area contributed by atoms with Crippen molar-refractivity contribution < 1.29 is 8.78 Å². The van der Waals surface area contributed by atoms with E-state index in [9.17, 15) is 8.78 Å². The maximum Gasteiger partial charge on any atom is 0.184 e. The lowest BCUT2D eigenvalue weighted by Crippen LogP contribution is -2.45. The molecule has 1 aliphatic heterocycles. The Bertz CT molecular complexity index is 425. The summed E-state index contributed by atoms with van der Waals surface area (Å²) < 4.78 is 27.1. The van der Waals surface area contributed by atoms with Gasteiger partial charge in [-0.25, -0.2) is 8.78 Å². The minimum Gasteiger partial charge on any atom is -0.397 e. The maximum atomic E-state index is 13.8. The average molecular weight is 258 g/mol. The molecule has 0 aliphatic carbocycles. The van der Waals surface area contributed by atoms with Crippen LogP contribution in [-0.2, 0) is 0 Å². The minimum atomic E-state index is -0.840. The van der Waals surface area contributed by atoms with Gasteiger partial charge in [-0.05, 0) is 19.1 Å². The van der Waals surface area contributed by atoms with E-state index in [4.69, 9.17) is 5.73 Å². The molecule has 1 aromatic rings. The van der Waals surface area contributed by atoms with Crippen molar-refractivity contribution in [2.45, 2.75) is 25.1 Å². The molecule has 17 heavy (non-hydrogen) atoms. The third-order valence-electron chi connectivity index (χ3n) is 3.27. The number of benzene rings is 1. The lowest BCUT2D eigenvalue weighted by Gasteiger charge is -2.39. The van der Waals surface area contributed by atoms with E-state index in [0.29, 0.717) is 17.5 Å². The molecule has 0 radical (unpaired) electrons. The predicted octanol–water partition coefficient (Wildman–Crippen LogP) is 2.88. The van der Waals surface area contributed by atoms with Crippen LogP contribution in [0.4, 0.5) is 20.2 Å². The molecule has 2 N–H and O–H groups in total. The monoisotopic (exact) mass is 258 g/mol. The van der Waals surface area contributed by atoms with Crippen molar-refractivity contribution >= 4 is 23.1 Å². The lowest BCUT2D eigenvalue weighted by molar-refractivity contribution is 0.500. The van der Waals surface area contributed by atoms with Crippen LogP contribution in [-0.4, -0.2) is 23.6 Å². The van der Waals surface area contributed by atoms with Crippen LogP contribution in [0.5, 0.6) is 0 Å². The lowest BCUT2D eigenvalue weighted by atomic mass is 10.1. The molecular weight excluding hydrogens is 242 g/mol. The number of nitrogen functional groups attached to an aromatic ring is 1. The van der Waals surface area contributed by atoms with Crippen LogP contribution in [0.15, 0.2) is 12.1 Å². The predicted molar refractivity (Wildman–Crippen MR) is 69.5 cm³/mol. The van der Waals surface area contributed by atoms with Gasteiger partial charge in [-0.2, -0.15) is 11.8 Å². The first-order valence-corrected chi connectivity index (χ1v) is 6.69. The Morgan fingerprint density at radius 2 is 2.06 bits per heavy atom. The van der Waals surface area contributed by atoms with Gasteiger partial charge >= 0.3 is 0 Å². The summed E-state index contributed by atoms with van der Waals surface area (Å²) in [6.45, 7) is 4.80. The van der Waals surface area contributed by atoms with E-state index in [-0.39, 0.29) is 11.7 Å². The van der Waals surface area contributed by atoms with Crippen LogP contribution in [0.1, 0.15) is 13.8 Å². The van der Waals surface area contributed by atoms with Gasteiger partial charge in [-0.1, -0.05) is 6.92 Å². The van der Waals surface area contributed by atoms with E-state index in [1.165, 1.54) is 6.07 Å². The molecule has 1 fully saturated rings. The summed E-state index contributed by atoms with van der Waals surface area (Å²) in [5.74, 6) is -0.774. The number of thioether (sulfide) groups is 1. The topological polar surface area (TPSA) is 29.3 Å². The third kappa shape index (κ3) is 2.20. The van der Waals surface area contributed by atoms with E-state index < -0.39 is 11.6 Å². The fraction of sp³-hybridized carbons (Fsp3) is 0.500. The fourth-order valence-corrected chi connectivity index (χ4v) is 3.19. The zero-order valence-corrected chi connectivity index (χ0v) is 10.7. The van der Waals surface area contributed by atoms with Crippen molar-refractivity contribution in [1.29, 1.82) is 0 Å². The van der Waals surface area contributed by atoms with Gasteiger partial charge in [-0.3, -0.25) is 0 Å². The molecule has 2 unspecified atom stereocenters. The van der Waals surface area contributed by atoms with Gasteiger partial charge in [0.15, 0.2) is 11.6 Å². The van der Waals surface area contributed by atoms with Gasteiger partial charge in [0.2, 0.25) is 0 Å². The number of hydrogen-bond acceptors (Lipinski definition) is 3. The van der Waals surface area contributed by atoms with Crippen molar-refractivity contribution in [2.24, 2.45) is 0 Å². The Hall–Kier alpha value is -0.970. The summed E-state index contributed by atoms with van der Waals surface area (Å²) in [4.78, 5) is 1.87. The molecule has 1 aliphatic rings. The van der Waals surface area contributed by atoms with Crippen molar-refractivity contribution in [3.8, 4) is 0 Å². The molecule has 0 saturated carbocycles. The van der Waals surface area contributed by atoms with Crippen LogP contribution in [0.2, 0.25) is 0 Å². The summed E-state index contributed by atoms with van der Waals surface area (Å²) >= 11 is 1.84. The van der Waals surface area contributed by atoms with E-state index in [2.05, 4.69) is 6.92 Å². The molecule has 1 aromatic carbocycles. The van der Waals surface area contributed by atoms with E-state index in [0.717, 1.165) is 11.8 Å². The number of nitrogens with two attached hydrogens (primary N) is 1. The Morgan fingerprint density at radius 3 is 2.76 bits per heavy atom.